The maximum Gasteiger partial charge on any atom is 0.490 e. The lowest BCUT2D eigenvalue weighted by Crippen LogP contribution is -2.45. The Bertz CT molecular complexity index is 1570. The highest BCUT2D eigenvalue weighted by Crippen LogP contribution is 2.51. The van der Waals surface area contributed by atoms with E-state index in [9.17, 15) is 28.3 Å². The van der Waals surface area contributed by atoms with Crippen molar-refractivity contribution in [3.05, 3.63) is 92.9 Å². The summed E-state index contributed by atoms with van der Waals surface area (Å²) in [5.74, 6) is -5.59. The second-order valence-corrected chi connectivity index (χ2v) is 11.5. The van der Waals surface area contributed by atoms with Gasteiger partial charge < -0.3 is 14.6 Å². The highest BCUT2D eigenvalue weighted by Gasteiger charge is 2.59. The van der Waals surface area contributed by atoms with Gasteiger partial charge in [0.1, 0.15) is 34.6 Å². The van der Waals surface area contributed by atoms with E-state index in [1.165, 1.54) is 30.3 Å². The number of aryl methyl sites for hydroxylation is 1. The molecule has 1 fully saturated rings. The van der Waals surface area contributed by atoms with Crippen LogP contribution in [0.5, 0.6) is 0 Å². The Balaban J connectivity index is 0.000000646. The standard InChI is InChI=1S/C27H24Cl2F2N2O3.C2HF3O2/c1-15-7-10-21(36-15)26(2,3)13-33-14-27(12-32,18-9-8-16(28)11-20(18)30)22(24(33)25(34)35)17-5-4-6-19(29)23(17)31;3-2(4,5)1(6)7/h4-11,22,24H,13-14H2,1-3H3,(H,34,35);(H,6,7). The summed E-state index contributed by atoms with van der Waals surface area (Å²) in [6.45, 7) is 5.55. The van der Waals surface area contributed by atoms with Crippen molar-refractivity contribution in [1.29, 1.82) is 5.26 Å². The van der Waals surface area contributed by atoms with E-state index in [2.05, 4.69) is 6.07 Å². The van der Waals surface area contributed by atoms with Gasteiger partial charge in [0.05, 0.1) is 11.1 Å². The Morgan fingerprint density at radius 3 is 2.23 bits per heavy atom. The minimum atomic E-state index is -5.08. The number of furan rings is 1. The van der Waals surface area contributed by atoms with Crippen LogP contribution in [0.3, 0.4) is 0 Å². The Morgan fingerprint density at radius 1 is 1.12 bits per heavy atom. The van der Waals surface area contributed by atoms with Crippen molar-refractivity contribution >= 4 is 35.1 Å². The monoisotopic (exact) mass is 646 g/mol. The van der Waals surface area contributed by atoms with Crippen molar-refractivity contribution in [2.75, 3.05) is 13.1 Å². The first-order chi connectivity index (χ1) is 19.9. The number of hydrogen-bond acceptors (Lipinski definition) is 5. The minimum absolute atomic E-state index is 0.0563. The first-order valence-corrected chi connectivity index (χ1v) is 13.3. The van der Waals surface area contributed by atoms with Crippen LogP contribution in [-0.4, -0.2) is 52.4 Å². The second-order valence-electron chi connectivity index (χ2n) is 10.6. The van der Waals surface area contributed by atoms with Gasteiger partial charge in [0.25, 0.3) is 0 Å². The molecular formula is C29H25Cl2F5N2O5. The van der Waals surface area contributed by atoms with Crippen molar-refractivity contribution in [2.45, 2.75) is 49.7 Å². The van der Waals surface area contributed by atoms with Crippen LogP contribution in [0.2, 0.25) is 10.0 Å². The molecule has 0 radical (unpaired) electrons. The fourth-order valence-corrected chi connectivity index (χ4v) is 5.64. The van der Waals surface area contributed by atoms with Gasteiger partial charge in [-0.1, -0.05) is 55.2 Å². The zero-order valence-electron chi connectivity index (χ0n) is 22.8. The smallest absolute Gasteiger partial charge is 0.480 e. The average molecular weight is 647 g/mol. The third kappa shape index (κ3) is 6.95. The molecule has 0 spiro atoms. The zero-order chi connectivity index (χ0) is 32.5. The first-order valence-electron chi connectivity index (χ1n) is 12.5. The van der Waals surface area contributed by atoms with Gasteiger partial charge in [-0.25, -0.2) is 13.6 Å². The summed E-state index contributed by atoms with van der Waals surface area (Å²) in [6.07, 6.45) is -5.08. The molecule has 2 heterocycles. The van der Waals surface area contributed by atoms with Gasteiger partial charge in [-0.15, -0.1) is 0 Å². The maximum atomic E-state index is 15.4. The van der Waals surface area contributed by atoms with Gasteiger partial charge in [0.15, 0.2) is 0 Å². The molecule has 0 aliphatic carbocycles. The molecule has 1 aliphatic rings. The highest BCUT2D eigenvalue weighted by molar-refractivity contribution is 6.31. The number of hydrogen-bond donors (Lipinski definition) is 2. The van der Waals surface area contributed by atoms with E-state index < -0.39 is 52.5 Å². The number of likely N-dealkylation sites (tertiary alicyclic amines) is 1. The first kappa shape index (κ1) is 33.8. The highest BCUT2D eigenvalue weighted by atomic mass is 35.5. The van der Waals surface area contributed by atoms with Gasteiger partial charge in [0, 0.05) is 35.0 Å². The van der Waals surface area contributed by atoms with Gasteiger partial charge in [0.2, 0.25) is 0 Å². The number of nitrogens with zero attached hydrogens (tertiary/aromatic N) is 2. The van der Waals surface area contributed by atoms with Crippen LogP contribution in [0.4, 0.5) is 22.0 Å². The van der Waals surface area contributed by atoms with E-state index in [0.29, 0.717) is 11.5 Å². The summed E-state index contributed by atoms with van der Waals surface area (Å²) in [4.78, 5) is 23.2. The average Bonchev–Trinajstić information content (AvgIpc) is 3.47. The summed E-state index contributed by atoms with van der Waals surface area (Å²) in [5, 5.41) is 28.0. The van der Waals surface area contributed by atoms with Crippen molar-refractivity contribution in [3.63, 3.8) is 0 Å². The predicted octanol–water partition coefficient (Wildman–Crippen LogP) is 7.10. The Kier molecular flexibility index (Phi) is 9.85. The number of alkyl halides is 3. The zero-order valence-corrected chi connectivity index (χ0v) is 24.4. The van der Waals surface area contributed by atoms with Crippen LogP contribution in [0.1, 0.15) is 42.4 Å². The summed E-state index contributed by atoms with van der Waals surface area (Å²) in [6, 6.07) is 12.5. The van der Waals surface area contributed by atoms with Crippen LogP contribution in [0.15, 0.2) is 52.9 Å². The molecule has 1 aromatic heterocycles. The van der Waals surface area contributed by atoms with Crippen molar-refractivity contribution in [2.24, 2.45) is 0 Å². The number of aliphatic carboxylic acids is 2. The van der Waals surface area contributed by atoms with Crippen LogP contribution in [-0.2, 0) is 20.4 Å². The molecular weight excluding hydrogens is 622 g/mol. The number of carboxylic acid groups (broad SMARTS) is 2. The quantitative estimate of drug-likeness (QED) is 0.275. The molecule has 1 aliphatic heterocycles. The van der Waals surface area contributed by atoms with Gasteiger partial charge >= 0.3 is 18.1 Å². The lowest BCUT2D eigenvalue weighted by atomic mass is 9.68. The number of rotatable bonds is 6. The van der Waals surface area contributed by atoms with E-state index in [1.807, 2.05) is 26.0 Å². The molecule has 2 N–H and O–H groups in total. The number of nitriles is 1. The molecule has 2 aromatic carbocycles. The van der Waals surface area contributed by atoms with Gasteiger partial charge in [-0.2, -0.15) is 18.4 Å². The molecule has 3 unspecified atom stereocenters. The van der Waals surface area contributed by atoms with Crippen molar-refractivity contribution < 1.29 is 46.2 Å². The molecule has 3 aromatic rings. The molecule has 43 heavy (non-hydrogen) atoms. The topological polar surface area (TPSA) is 115 Å². The summed E-state index contributed by atoms with van der Waals surface area (Å²) >= 11 is 12.0. The maximum absolute atomic E-state index is 15.4. The van der Waals surface area contributed by atoms with Crippen LogP contribution >= 0.6 is 23.2 Å². The van der Waals surface area contributed by atoms with Crippen LogP contribution in [0.25, 0.3) is 0 Å². The lowest BCUT2D eigenvalue weighted by Gasteiger charge is -2.32. The van der Waals surface area contributed by atoms with E-state index in [1.54, 1.807) is 11.8 Å². The molecule has 0 saturated carbocycles. The van der Waals surface area contributed by atoms with Gasteiger partial charge in [-0.05, 0) is 42.8 Å². The van der Waals surface area contributed by atoms with E-state index in [0.717, 1.165) is 6.07 Å². The number of carboxylic acids is 2. The minimum Gasteiger partial charge on any atom is -0.480 e. The van der Waals surface area contributed by atoms with E-state index in [4.69, 9.17) is 37.5 Å². The molecule has 4 rings (SSSR count). The Labute approximate surface area is 253 Å². The fourth-order valence-electron chi connectivity index (χ4n) is 5.30. The lowest BCUT2D eigenvalue weighted by molar-refractivity contribution is -0.192. The third-order valence-corrected chi connectivity index (χ3v) is 7.65. The SMILES string of the molecule is Cc1ccc(C(C)(C)CN2CC(C#N)(c3ccc(Cl)cc3F)C(c3cccc(Cl)c3F)C2C(=O)O)o1.O=C(O)C(F)(F)F. The normalized spacial score (nSPS) is 20.7. The second kappa shape index (κ2) is 12.5. The molecule has 14 heteroatoms. The third-order valence-electron chi connectivity index (χ3n) is 7.12. The molecule has 0 amide bonds. The molecule has 7 nitrogen and oxygen atoms in total. The fraction of sp³-hybridized carbons (Fsp3) is 0.345. The van der Waals surface area contributed by atoms with Crippen LogP contribution in [0, 0.1) is 29.9 Å². The summed E-state index contributed by atoms with van der Waals surface area (Å²) < 4.78 is 68.3. The van der Waals surface area contributed by atoms with Crippen molar-refractivity contribution in [3.8, 4) is 6.07 Å². The molecule has 1 saturated heterocycles. The molecule has 230 valence electrons. The Hall–Kier alpha value is -3.66. The van der Waals surface area contributed by atoms with Gasteiger partial charge in [-0.3, -0.25) is 9.69 Å². The summed E-state index contributed by atoms with van der Waals surface area (Å²) in [7, 11) is 0. The van der Waals surface area contributed by atoms with E-state index in [-0.39, 0.29) is 34.3 Å². The van der Waals surface area contributed by atoms with E-state index >= 15 is 8.78 Å². The number of carbonyl (C=O) groups is 2. The Morgan fingerprint density at radius 2 is 1.74 bits per heavy atom. The number of benzene rings is 2. The van der Waals surface area contributed by atoms with Crippen LogP contribution < -0.4 is 0 Å². The largest absolute Gasteiger partial charge is 0.490 e. The molecule has 3 atom stereocenters. The molecule has 0 bridgehead atoms. The van der Waals surface area contributed by atoms with Crippen molar-refractivity contribution in [1.82, 2.24) is 4.90 Å². The predicted molar refractivity (Wildman–Crippen MR) is 146 cm³/mol. The summed E-state index contributed by atoms with van der Waals surface area (Å²) in [5.41, 5.74) is -2.55. The number of halogens is 7.